The SMILES string of the molecule is C=CCn1c(O)c(N=NC(=O)[C@@H](O)c2ccccc2)c2cc(Br)ccc21. The molecule has 1 heterocycles. The quantitative estimate of drug-likeness (QED) is 0.471. The summed E-state index contributed by atoms with van der Waals surface area (Å²) in [6, 6.07) is 13.9. The predicted molar refractivity (Wildman–Crippen MR) is 102 cm³/mol. The van der Waals surface area contributed by atoms with Crippen molar-refractivity contribution in [1.82, 2.24) is 4.57 Å². The second-order valence-electron chi connectivity index (χ2n) is 5.58. The van der Waals surface area contributed by atoms with Crippen LogP contribution >= 0.6 is 15.9 Å². The molecule has 0 aliphatic carbocycles. The van der Waals surface area contributed by atoms with Gasteiger partial charge >= 0.3 is 0 Å². The Morgan fingerprint density at radius 3 is 2.69 bits per heavy atom. The van der Waals surface area contributed by atoms with Gasteiger partial charge in [-0.05, 0) is 23.8 Å². The number of aromatic hydroxyl groups is 1. The first-order valence-electron chi connectivity index (χ1n) is 7.83. The number of aliphatic hydroxyl groups is 1. The summed E-state index contributed by atoms with van der Waals surface area (Å²) in [6.07, 6.45) is 0.238. The Morgan fingerprint density at radius 2 is 2.00 bits per heavy atom. The average Bonchev–Trinajstić information content (AvgIpc) is 2.91. The molecule has 0 unspecified atom stereocenters. The summed E-state index contributed by atoms with van der Waals surface area (Å²) in [6.45, 7) is 4.05. The van der Waals surface area contributed by atoms with Crippen molar-refractivity contribution >= 4 is 38.4 Å². The smallest absolute Gasteiger partial charge is 0.297 e. The van der Waals surface area contributed by atoms with Gasteiger partial charge in [0.25, 0.3) is 5.91 Å². The molecule has 2 aromatic carbocycles. The van der Waals surface area contributed by atoms with E-state index in [9.17, 15) is 15.0 Å². The molecule has 2 N–H and O–H groups in total. The van der Waals surface area contributed by atoms with Crippen LogP contribution in [0.3, 0.4) is 0 Å². The lowest BCUT2D eigenvalue weighted by Gasteiger charge is -2.05. The van der Waals surface area contributed by atoms with Gasteiger partial charge in [0.15, 0.2) is 11.8 Å². The van der Waals surface area contributed by atoms with Crippen molar-refractivity contribution in [3.63, 3.8) is 0 Å². The first-order valence-corrected chi connectivity index (χ1v) is 8.62. The van der Waals surface area contributed by atoms with Crippen LogP contribution in [0.15, 0.2) is 75.9 Å². The lowest BCUT2D eigenvalue weighted by Crippen LogP contribution is -2.08. The molecule has 0 bridgehead atoms. The third-order valence-corrected chi connectivity index (χ3v) is 4.37. The fourth-order valence-corrected chi connectivity index (χ4v) is 3.00. The Bertz CT molecular complexity index is 996. The van der Waals surface area contributed by atoms with E-state index in [2.05, 4.69) is 32.7 Å². The van der Waals surface area contributed by atoms with E-state index >= 15 is 0 Å². The molecule has 1 aromatic heterocycles. The molecule has 0 radical (unpaired) electrons. The van der Waals surface area contributed by atoms with E-state index in [0.717, 1.165) is 9.99 Å². The summed E-state index contributed by atoms with van der Waals surface area (Å²) >= 11 is 3.38. The molecule has 0 aliphatic rings. The van der Waals surface area contributed by atoms with E-state index in [1.54, 1.807) is 47.0 Å². The molecule has 1 amide bonds. The van der Waals surface area contributed by atoms with Crippen LogP contribution < -0.4 is 0 Å². The first kappa shape index (κ1) is 18.0. The molecule has 0 saturated heterocycles. The molecule has 6 nitrogen and oxygen atoms in total. The van der Waals surface area contributed by atoms with Crippen LogP contribution in [-0.4, -0.2) is 20.7 Å². The second-order valence-corrected chi connectivity index (χ2v) is 6.50. The number of fused-ring (bicyclic) bond motifs is 1. The number of allylic oxidation sites excluding steroid dienone is 1. The molecule has 3 aromatic rings. The Labute approximate surface area is 158 Å². The molecular weight excluding hydrogens is 398 g/mol. The molecule has 0 saturated carbocycles. The van der Waals surface area contributed by atoms with E-state index in [1.807, 2.05) is 12.1 Å². The summed E-state index contributed by atoms with van der Waals surface area (Å²) in [5, 5.41) is 28.7. The van der Waals surface area contributed by atoms with Crippen molar-refractivity contribution in [1.29, 1.82) is 0 Å². The molecule has 7 heteroatoms. The van der Waals surface area contributed by atoms with Crippen LogP contribution in [0.1, 0.15) is 11.7 Å². The van der Waals surface area contributed by atoms with Crippen molar-refractivity contribution in [2.75, 3.05) is 0 Å². The minimum absolute atomic E-state index is 0.122. The lowest BCUT2D eigenvalue weighted by molar-refractivity contribution is -0.126. The number of hydrogen-bond acceptors (Lipinski definition) is 4. The van der Waals surface area contributed by atoms with Gasteiger partial charge in [-0.25, -0.2) is 0 Å². The number of benzene rings is 2. The molecular formula is C19H16BrN3O3. The van der Waals surface area contributed by atoms with Gasteiger partial charge in [-0.2, -0.15) is 0 Å². The van der Waals surface area contributed by atoms with Crippen molar-refractivity contribution in [2.24, 2.45) is 10.2 Å². The Morgan fingerprint density at radius 1 is 1.27 bits per heavy atom. The standard InChI is InChI=1S/C19H16BrN3O3/c1-2-10-23-15-9-8-13(20)11-14(15)16(19(23)26)21-22-18(25)17(24)12-6-4-3-5-7-12/h2-9,11,17,24,26H,1,10H2/t17-/m0/s1. The predicted octanol–water partition coefficient (Wildman–Crippen LogP) is 4.64. The summed E-state index contributed by atoms with van der Waals surface area (Å²) < 4.78 is 2.41. The summed E-state index contributed by atoms with van der Waals surface area (Å²) in [5.41, 5.74) is 1.32. The van der Waals surface area contributed by atoms with Crippen molar-refractivity contribution < 1.29 is 15.0 Å². The zero-order valence-electron chi connectivity index (χ0n) is 13.7. The lowest BCUT2D eigenvalue weighted by atomic mass is 10.1. The number of carbonyl (C=O) groups is 1. The van der Waals surface area contributed by atoms with E-state index in [1.165, 1.54) is 0 Å². The molecule has 0 aliphatic heterocycles. The fraction of sp³-hybridized carbons (Fsp3) is 0.105. The molecule has 132 valence electrons. The van der Waals surface area contributed by atoms with E-state index < -0.39 is 12.0 Å². The number of azo groups is 1. The Balaban J connectivity index is 1.99. The summed E-state index contributed by atoms with van der Waals surface area (Å²) in [4.78, 5) is 12.1. The first-order chi connectivity index (χ1) is 12.5. The van der Waals surface area contributed by atoms with Gasteiger partial charge in [0.1, 0.15) is 0 Å². The van der Waals surface area contributed by atoms with Crippen molar-refractivity contribution in [3.8, 4) is 5.88 Å². The van der Waals surface area contributed by atoms with E-state index in [0.29, 0.717) is 17.5 Å². The van der Waals surface area contributed by atoms with Gasteiger partial charge in [0, 0.05) is 16.4 Å². The summed E-state index contributed by atoms with van der Waals surface area (Å²) in [7, 11) is 0. The number of halogens is 1. The molecule has 0 fully saturated rings. The highest BCUT2D eigenvalue weighted by Crippen LogP contribution is 2.40. The maximum absolute atomic E-state index is 12.1. The third kappa shape index (κ3) is 3.44. The molecule has 0 spiro atoms. The average molecular weight is 414 g/mol. The van der Waals surface area contributed by atoms with Gasteiger partial charge in [0.05, 0.1) is 5.52 Å². The normalized spacial score (nSPS) is 12.5. The largest absolute Gasteiger partial charge is 0.493 e. The number of aromatic nitrogens is 1. The molecule has 3 rings (SSSR count). The summed E-state index contributed by atoms with van der Waals surface area (Å²) in [5.74, 6) is -0.932. The fourth-order valence-electron chi connectivity index (χ4n) is 2.64. The van der Waals surface area contributed by atoms with Gasteiger partial charge in [-0.1, -0.05) is 52.3 Å². The highest BCUT2D eigenvalue weighted by molar-refractivity contribution is 9.10. The van der Waals surface area contributed by atoms with Crippen LogP contribution in [0.4, 0.5) is 5.69 Å². The number of amides is 1. The number of hydrogen-bond donors (Lipinski definition) is 2. The maximum Gasteiger partial charge on any atom is 0.297 e. The van der Waals surface area contributed by atoms with Gasteiger partial charge in [-0.3, -0.25) is 4.79 Å². The van der Waals surface area contributed by atoms with Crippen LogP contribution in [0.2, 0.25) is 0 Å². The van der Waals surface area contributed by atoms with Crippen LogP contribution in [0, 0.1) is 0 Å². The minimum atomic E-state index is -1.41. The van der Waals surface area contributed by atoms with E-state index in [4.69, 9.17) is 0 Å². The van der Waals surface area contributed by atoms with Crippen LogP contribution in [0.25, 0.3) is 10.9 Å². The zero-order valence-corrected chi connectivity index (χ0v) is 15.3. The maximum atomic E-state index is 12.1. The van der Waals surface area contributed by atoms with Crippen LogP contribution in [0.5, 0.6) is 5.88 Å². The second kappa shape index (κ2) is 7.63. The highest BCUT2D eigenvalue weighted by atomic mass is 79.9. The number of carbonyl (C=O) groups excluding carboxylic acids is 1. The van der Waals surface area contributed by atoms with E-state index in [-0.39, 0.29) is 11.6 Å². The molecule has 26 heavy (non-hydrogen) atoms. The number of rotatable bonds is 5. The number of aliphatic hydroxyl groups excluding tert-OH is 1. The topological polar surface area (TPSA) is 87.2 Å². The van der Waals surface area contributed by atoms with Crippen molar-refractivity contribution in [3.05, 3.63) is 71.2 Å². The zero-order chi connectivity index (χ0) is 18.7. The van der Waals surface area contributed by atoms with Gasteiger partial charge in [0.2, 0.25) is 5.88 Å². The third-order valence-electron chi connectivity index (χ3n) is 3.88. The molecule has 1 atom stereocenters. The monoisotopic (exact) mass is 413 g/mol. The van der Waals surface area contributed by atoms with Crippen molar-refractivity contribution in [2.45, 2.75) is 12.6 Å². The van der Waals surface area contributed by atoms with Gasteiger partial charge < -0.3 is 14.8 Å². The Kier molecular flexibility index (Phi) is 5.29. The Hall–Kier alpha value is -2.77. The highest BCUT2D eigenvalue weighted by Gasteiger charge is 2.19. The number of nitrogens with zero attached hydrogens (tertiary/aromatic N) is 3. The minimum Gasteiger partial charge on any atom is -0.493 e. The van der Waals surface area contributed by atoms with Gasteiger partial charge in [-0.15, -0.1) is 16.8 Å². The van der Waals surface area contributed by atoms with Crippen LogP contribution in [-0.2, 0) is 11.3 Å².